The van der Waals surface area contributed by atoms with E-state index in [0.29, 0.717) is 30.0 Å². The minimum atomic E-state index is -0.776. The van der Waals surface area contributed by atoms with Crippen LogP contribution in [0, 0.1) is 11.8 Å². The quantitative estimate of drug-likeness (QED) is 0.300. The van der Waals surface area contributed by atoms with Crippen LogP contribution in [0.1, 0.15) is 86.4 Å². The van der Waals surface area contributed by atoms with E-state index in [2.05, 4.69) is 25.7 Å². The molecule has 0 saturated heterocycles. The van der Waals surface area contributed by atoms with Gasteiger partial charge in [0, 0.05) is 23.4 Å². The van der Waals surface area contributed by atoms with Crippen molar-refractivity contribution in [1.82, 2.24) is 25.7 Å². The maximum atomic E-state index is 13.5. The molecule has 208 valence electrons. The van der Waals surface area contributed by atoms with Gasteiger partial charge in [-0.2, -0.15) is 0 Å². The molecular formula is C28H41N5O4S. The van der Waals surface area contributed by atoms with Gasteiger partial charge in [-0.05, 0) is 57.0 Å². The topological polar surface area (TPSA) is 117 Å². The van der Waals surface area contributed by atoms with E-state index >= 15 is 0 Å². The summed E-state index contributed by atoms with van der Waals surface area (Å²) in [5, 5.41) is 14.5. The van der Waals surface area contributed by atoms with Gasteiger partial charge in [0.1, 0.15) is 0 Å². The van der Waals surface area contributed by atoms with Crippen molar-refractivity contribution in [3.8, 4) is 0 Å². The van der Waals surface area contributed by atoms with Gasteiger partial charge in [0.25, 0.3) is 17.0 Å². The van der Waals surface area contributed by atoms with Crippen molar-refractivity contribution >= 4 is 29.4 Å². The van der Waals surface area contributed by atoms with Gasteiger partial charge < -0.3 is 20.0 Å². The molecule has 2 N–H and O–H groups in total. The minimum Gasteiger partial charge on any atom is -0.408 e. The zero-order chi connectivity index (χ0) is 27.8. The second-order valence-electron chi connectivity index (χ2n) is 11.0. The average Bonchev–Trinajstić information content (AvgIpc) is 3.31. The lowest BCUT2D eigenvalue weighted by Crippen LogP contribution is -2.52. The molecular weight excluding hydrogens is 502 g/mol. The number of nitrogens with zero attached hydrogens (tertiary/aromatic N) is 3. The molecule has 0 spiro atoms. The summed E-state index contributed by atoms with van der Waals surface area (Å²) in [6.45, 7) is 8.78. The number of hydrogen-bond donors (Lipinski definition) is 2. The smallest absolute Gasteiger partial charge is 0.286 e. The molecule has 1 aliphatic rings. The highest BCUT2D eigenvalue weighted by Gasteiger charge is 2.35. The molecule has 0 bridgehead atoms. The van der Waals surface area contributed by atoms with Crippen LogP contribution in [0.5, 0.6) is 0 Å². The number of carbonyl (C=O) groups is 3. The Morgan fingerprint density at radius 2 is 1.74 bits per heavy atom. The number of benzene rings is 1. The monoisotopic (exact) mass is 543 g/mol. The summed E-state index contributed by atoms with van der Waals surface area (Å²) in [6, 6.07) is 6.46. The molecule has 10 heteroatoms. The van der Waals surface area contributed by atoms with Crippen LogP contribution in [-0.4, -0.2) is 64.1 Å². The van der Waals surface area contributed by atoms with E-state index in [9.17, 15) is 14.4 Å². The molecule has 1 aliphatic carbocycles. The van der Waals surface area contributed by atoms with Crippen LogP contribution < -0.4 is 10.6 Å². The second kappa shape index (κ2) is 13.9. The van der Waals surface area contributed by atoms with Crippen molar-refractivity contribution in [3.05, 3.63) is 41.3 Å². The van der Waals surface area contributed by atoms with Gasteiger partial charge in [-0.3, -0.25) is 14.4 Å². The van der Waals surface area contributed by atoms with Crippen molar-refractivity contribution < 1.29 is 18.8 Å². The van der Waals surface area contributed by atoms with E-state index in [0.717, 1.165) is 24.9 Å². The number of ketones is 1. The number of carbonyl (C=O) groups excluding carboxylic acids is 3. The van der Waals surface area contributed by atoms with Crippen LogP contribution in [0.25, 0.3) is 0 Å². The Balaban J connectivity index is 1.68. The Bertz CT molecular complexity index is 1080. The molecule has 9 nitrogen and oxygen atoms in total. The van der Waals surface area contributed by atoms with Crippen LogP contribution in [0.2, 0.25) is 0 Å². The van der Waals surface area contributed by atoms with Gasteiger partial charge in [-0.15, -0.1) is 10.2 Å². The molecule has 38 heavy (non-hydrogen) atoms. The molecule has 3 atom stereocenters. The van der Waals surface area contributed by atoms with E-state index in [-0.39, 0.29) is 40.7 Å². The Labute approximate surface area is 229 Å². The summed E-state index contributed by atoms with van der Waals surface area (Å²) in [4.78, 5) is 41.8. The average molecular weight is 544 g/mol. The molecule has 0 aliphatic heterocycles. The molecule has 0 radical (unpaired) electrons. The highest BCUT2D eigenvalue weighted by Crippen LogP contribution is 2.26. The molecule has 2 aromatic rings. The summed E-state index contributed by atoms with van der Waals surface area (Å²) in [5.41, 5.74) is 1.69. The van der Waals surface area contributed by atoms with Crippen molar-refractivity contribution in [1.29, 1.82) is 0 Å². The Morgan fingerprint density at radius 3 is 2.37 bits per heavy atom. The lowest BCUT2D eigenvalue weighted by Gasteiger charge is -2.32. The van der Waals surface area contributed by atoms with Gasteiger partial charge in [0.15, 0.2) is 0 Å². The summed E-state index contributed by atoms with van der Waals surface area (Å²) in [5.74, 6) is -1.16. The number of nitrogens with one attached hydrogen (secondary N) is 2. The van der Waals surface area contributed by atoms with E-state index in [1.165, 1.54) is 11.8 Å². The molecule has 1 saturated carbocycles. The van der Waals surface area contributed by atoms with Crippen LogP contribution in [0.4, 0.5) is 0 Å². The summed E-state index contributed by atoms with van der Waals surface area (Å²) in [7, 11) is 4.00. The number of hydrogen-bond acceptors (Lipinski definition) is 8. The van der Waals surface area contributed by atoms with Crippen LogP contribution in [0.15, 0.2) is 33.9 Å². The Hall–Kier alpha value is -2.72. The number of Topliss-reactive ketones (excluding diaryl/α,β-unsaturated/α-hetero) is 1. The highest BCUT2D eigenvalue weighted by molar-refractivity contribution is 7.99. The van der Waals surface area contributed by atoms with Crippen molar-refractivity contribution in [3.63, 3.8) is 0 Å². The molecule has 3 rings (SSSR count). The maximum absolute atomic E-state index is 13.5. The molecule has 1 heterocycles. The fraction of sp³-hybridized carbons (Fsp3) is 0.607. The van der Waals surface area contributed by atoms with E-state index in [4.69, 9.17) is 4.42 Å². The lowest BCUT2D eigenvalue weighted by molar-refractivity contribution is -0.127. The third-order valence-corrected chi connectivity index (χ3v) is 7.27. The third kappa shape index (κ3) is 8.66. The standard InChI is InChI=1S/C28H41N5O4S/c1-17(2)15-23(24(34)27-31-32-28(37-27)38-18(3)4)30-26(36)21-9-7-8-10-22(21)29-25(35)20-13-11-19(12-14-20)16-33(5)6/h11-14,17-18,21-23H,7-10,15-16H2,1-6H3,(H,29,35)(H,30,36)/t21-,22+,23?/m1/s1. The van der Waals surface area contributed by atoms with Gasteiger partial charge >= 0.3 is 0 Å². The molecule has 1 unspecified atom stereocenters. The maximum Gasteiger partial charge on any atom is 0.286 e. The Kier molecular flexibility index (Phi) is 10.9. The fourth-order valence-electron chi connectivity index (χ4n) is 4.69. The van der Waals surface area contributed by atoms with Gasteiger partial charge in [-0.25, -0.2) is 0 Å². The van der Waals surface area contributed by atoms with Gasteiger partial charge in [-0.1, -0.05) is 64.4 Å². The first-order chi connectivity index (χ1) is 18.0. The Morgan fingerprint density at radius 1 is 1.05 bits per heavy atom. The van der Waals surface area contributed by atoms with Crippen molar-refractivity contribution in [2.45, 2.75) is 88.9 Å². The lowest BCUT2D eigenvalue weighted by atomic mass is 9.83. The van der Waals surface area contributed by atoms with Gasteiger partial charge in [0.2, 0.25) is 11.7 Å². The van der Waals surface area contributed by atoms with Crippen LogP contribution >= 0.6 is 11.8 Å². The normalized spacial score (nSPS) is 18.6. The predicted octanol–water partition coefficient (Wildman–Crippen LogP) is 4.33. The number of amides is 2. The van der Waals surface area contributed by atoms with E-state index in [1.807, 2.05) is 66.1 Å². The second-order valence-corrected chi connectivity index (χ2v) is 12.5. The number of rotatable bonds is 12. The number of aromatic nitrogens is 2. The van der Waals surface area contributed by atoms with E-state index < -0.39 is 12.0 Å². The van der Waals surface area contributed by atoms with E-state index in [1.54, 1.807) is 0 Å². The molecule has 1 fully saturated rings. The third-order valence-electron chi connectivity index (χ3n) is 6.43. The first kappa shape index (κ1) is 29.8. The van der Waals surface area contributed by atoms with Crippen molar-refractivity contribution in [2.24, 2.45) is 11.8 Å². The van der Waals surface area contributed by atoms with Crippen molar-refractivity contribution in [2.75, 3.05) is 14.1 Å². The molecule has 1 aromatic carbocycles. The zero-order valence-electron chi connectivity index (χ0n) is 23.3. The van der Waals surface area contributed by atoms with Gasteiger partial charge in [0.05, 0.1) is 12.0 Å². The predicted molar refractivity (Wildman–Crippen MR) is 148 cm³/mol. The minimum absolute atomic E-state index is 0.0923. The van der Waals surface area contributed by atoms with Crippen LogP contribution in [-0.2, 0) is 11.3 Å². The fourth-order valence-corrected chi connectivity index (χ4v) is 5.30. The summed E-state index contributed by atoms with van der Waals surface area (Å²) >= 11 is 1.38. The summed E-state index contributed by atoms with van der Waals surface area (Å²) in [6.07, 6.45) is 3.64. The first-order valence-corrected chi connectivity index (χ1v) is 14.3. The highest BCUT2D eigenvalue weighted by atomic mass is 32.2. The first-order valence-electron chi connectivity index (χ1n) is 13.4. The number of thioether (sulfide) groups is 1. The summed E-state index contributed by atoms with van der Waals surface area (Å²) < 4.78 is 5.58. The molecule has 1 aromatic heterocycles. The SMILES string of the molecule is CC(C)CC(NC(=O)[C@@H]1CCCC[C@@H]1NC(=O)c1ccc(CN(C)C)cc1)C(=O)c1nnc(SC(C)C)o1. The van der Waals surface area contributed by atoms with Crippen LogP contribution in [0.3, 0.4) is 0 Å². The largest absolute Gasteiger partial charge is 0.408 e. The molecule has 2 amide bonds. The zero-order valence-corrected chi connectivity index (χ0v) is 24.1.